The first kappa shape index (κ1) is 15.1. The molecule has 0 spiro atoms. The Morgan fingerprint density at radius 2 is 1.56 bits per heavy atom. The maximum absolute atomic E-state index is 13.8. The maximum atomic E-state index is 13.8. The Labute approximate surface area is 108 Å². The van der Waals surface area contributed by atoms with Gasteiger partial charge in [0.1, 0.15) is 0 Å². The summed E-state index contributed by atoms with van der Waals surface area (Å²) < 4.78 is 27.7. The second-order valence-corrected chi connectivity index (χ2v) is 5.49. The van der Waals surface area contributed by atoms with E-state index < -0.39 is 11.8 Å². The van der Waals surface area contributed by atoms with E-state index in [1.54, 1.807) is 12.1 Å². The lowest BCUT2D eigenvalue weighted by molar-refractivity contribution is -0.0513. The summed E-state index contributed by atoms with van der Waals surface area (Å²) in [7, 11) is 0. The van der Waals surface area contributed by atoms with Crippen LogP contribution in [0.1, 0.15) is 44.7 Å². The quantitative estimate of drug-likeness (QED) is 0.841. The van der Waals surface area contributed by atoms with Crippen LogP contribution in [0.25, 0.3) is 0 Å². The Kier molecular flexibility index (Phi) is 4.85. The van der Waals surface area contributed by atoms with E-state index in [2.05, 4.69) is 13.8 Å². The van der Waals surface area contributed by atoms with E-state index in [0.717, 1.165) is 5.56 Å². The standard InChI is InChI=1S/C15H23F2N/c1-10(2)14(9-18)12-5-7-13(8-6-12)15(16,17)11(3)4/h5-8,10-11,14H,9,18H2,1-4H3. The van der Waals surface area contributed by atoms with Gasteiger partial charge in [0.2, 0.25) is 0 Å². The van der Waals surface area contributed by atoms with Crippen molar-refractivity contribution in [3.63, 3.8) is 0 Å². The molecule has 102 valence electrons. The second kappa shape index (κ2) is 5.79. The highest BCUT2D eigenvalue weighted by atomic mass is 19.3. The van der Waals surface area contributed by atoms with Crippen molar-refractivity contribution in [3.05, 3.63) is 35.4 Å². The molecule has 0 aliphatic rings. The predicted octanol–water partition coefficient (Wildman–Crippen LogP) is 4.13. The minimum absolute atomic E-state index is 0.0841. The van der Waals surface area contributed by atoms with E-state index in [0.29, 0.717) is 12.5 Å². The number of benzene rings is 1. The van der Waals surface area contributed by atoms with Gasteiger partial charge < -0.3 is 5.73 Å². The number of rotatable bonds is 5. The van der Waals surface area contributed by atoms with Crippen molar-refractivity contribution in [1.82, 2.24) is 0 Å². The molecule has 0 aliphatic carbocycles. The highest BCUT2D eigenvalue weighted by Crippen LogP contribution is 2.36. The van der Waals surface area contributed by atoms with Crippen LogP contribution >= 0.6 is 0 Å². The normalized spacial score (nSPS) is 14.3. The zero-order valence-electron chi connectivity index (χ0n) is 11.6. The Hall–Kier alpha value is -0.960. The number of nitrogens with two attached hydrogens (primary N) is 1. The van der Waals surface area contributed by atoms with Crippen molar-refractivity contribution in [1.29, 1.82) is 0 Å². The van der Waals surface area contributed by atoms with Crippen LogP contribution in [0.5, 0.6) is 0 Å². The number of halogens is 2. The van der Waals surface area contributed by atoms with Crippen LogP contribution in [-0.2, 0) is 5.92 Å². The van der Waals surface area contributed by atoms with Crippen LogP contribution in [-0.4, -0.2) is 6.54 Å². The Bertz CT molecular complexity index is 369. The summed E-state index contributed by atoms with van der Waals surface area (Å²) in [6.07, 6.45) is 0. The summed E-state index contributed by atoms with van der Waals surface area (Å²) in [6.45, 7) is 7.79. The van der Waals surface area contributed by atoms with Gasteiger partial charge in [-0.25, -0.2) is 8.78 Å². The zero-order valence-corrected chi connectivity index (χ0v) is 11.6. The molecule has 1 nitrogen and oxygen atoms in total. The molecule has 1 aromatic rings. The largest absolute Gasteiger partial charge is 0.330 e. The van der Waals surface area contributed by atoms with Crippen LogP contribution in [0.4, 0.5) is 8.78 Å². The van der Waals surface area contributed by atoms with Crippen molar-refractivity contribution in [2.45, 2.75) is 39.5 Å². The summed E-state index contributed by atoms with van der Waals surface area (Å²) in [5.41, 5.74) is 6.85. The molecule has 0 saturated heterocycles. The van der Waals surface area contributed by atoms with Crippen molar-refractivity contribution < 1.29 is 8.78 Å². The third-order valence-electron chi connectivity index (χ3n) is 3.51. The molecule has 0 amide bonds. The molecule has 1 unspecified atom stereocenters. The average molecular weight is 255 g/mol. The van der Waals surface area contributed by atoms with E-state index in [4.69, 9.17) is 5.73 Å². The molecule has 0 aromatic heterocycles. The van der Waals surface area contributed by atoms with E-state index in [1.165, 1.54) is 26.0 Å². The molecule has 1 atom stereocenters. The molecule has 0 aliphatic heterocycles. The predicted molar refractivity (Wildman–Crippen MR) is 71.8 cm³/mol. The first-order valence-corrected chi connectivity index (χ1v) is 6.49. The van der Waals surface area contributed by atoms with E-state index in [1.807, 2.05) is 0 Å². The van der Waals surface area contributed by atoms with Gasteiger partial charge in [0.05, 0.1) is 0 Å². The average Bonchev–Trinajstić information content (AvgIpc) is 2.30. The number of hydrogen-bond acceptors (Lipinski definition) is 1. The van der Waals surface area contributed by atoms with Gasteiger partial charge >= 0.3 is 0 Å². The molecule has 3 heteroatoms. The lowest BCUT2D eigenvalue weighted by Gasteiger charge is -2.23. The molecule has 0 fully saturated rings. The SMILES string of the molecule is CC(C)C(CN)c1ccc(C(F)(F)C(C)C)cc1. The Morgan fingerprint density at radius 1 is 1.06 bits per heavy atom. The van der Waals surface area contributed by atoms with Gasteiger partial charge in [0.25, 0.3) is 5.92 Å². The lowest BCUT2D eigenvalue weighted by Crippen LogP contribution is -2.21. The summed E-state index contributed by atoms with van der Waals surface area (Å²) in [5, 5.41) is 0. The van der Waals surface area contributed by atoms with E-state index >= 15 is 0 Å². The van der Waals surface area contributed by atoms with Crippen LogP contribution < -0.4 is 5.73 Å². The molecule has 0 radical (unpaired) electrons. The second-order valence-electron chi connectivity index (χ2n) is 5.49. The Morgan fingerprint density at radius 3 is 1.89 bits per heavy atom. The van der Waals surface area contributed by atoms with Gasteiger partial charge in [0, 0.05) is 11.5 Å². The molecule has 0 heterocycles. The van der Waals surface area contributed by atoms with Gasteiger partial charge in [-0.1, -0.05) is 52.0 Å². The minimum Gasteiger partial charge on any atom is -0.330 e. The molecule has 18 heavy (non-hydrogen) atoms. The fourth-order valence-electron chi connectivity index (χ4n) is 2.08. The van der Waals surface area contributed by atoms with Crippen LogP contribution in [0.2, 0.25) is 0 Å². The van der Waals surface area contributed by atoms with E-state index in [9.17, 15) is 8.78 Å². The van der Waals surface area contributed by atoms with Crippen LogP contribution in [0.15, 0.2) is 24.3 Å². The third kappa shape index (κ3) is 3.08. The van der Waals surface area contributed by atoms with Gasteiger partial charge in [-0.2, -0.15) is 0 Å². The van der Waals surface area contributed by atoms with Gasteiger partial charge in [0.15, 0.2) is 0 Å². The number of hydrogen-bond donors (Lipinski definition) is 1. The monoisotopic (exact) mass is 255 g/mol. The van der Waals surface area contributed by atoms with Gasteiger partial charge in [-0.15, -0.1) is 0 Å². The number of alkyl halides is 2. The fraction of sp³-hybridized carbons (Fsp3) is 0.600. The molecule has 1 aromatic carbocycles. The lowest BCUT2D eigenvalue weighted by atomic mass is 9.87. The van der Waals surface area contributed by atoms with Gasteiger partial charge in [-0.05, 0) is 23.9 Å². The van der Waals surface area contributed by atoms with Crippen molar-refractivity contribution in [2.75, 3.05) is 6.54 Å². The highest BCUT2D eigenvalue weighted by Gasteiger charge is 2.35. The fourth-order valence-corrected chi connectivity index (χ4v) is 2.08. The molecular weight excluding hydrogens is 232 g/mol. The highest BCUT2D eigenvalue weighted by molar-refractivity contribution is 5.29. The summed E-state index contributed by atoms with van der Waals surface area (Å²) in [4.78, 5) is 0. The molecular formula is C15H23F2N. The first-order chi connectivity index (χ1) is 8.30. The summed E-state index contributed by atoms with van der Waals surface area (Å²) >= 11 is 0. The van der Waals surface area contributed by atoms with Crippen molar-refractivity contribution in [3.8, 4) is 0 Å². The molecule has 1 rings (SSSR count). The minimum atomic E-state index is -2.77. The summed E-state index contributed by atoms with van der Waals surface area (Å²) in [5.74, 6) is -2.83. The van der Waals surface area contributed by atoms with E-state index in [-0.39, 0.29) is 11.5 Å². The van der Waals surface area contributed by atoms with Gasteiger partial charge in [-0.3, -0.25) is 0 Å². The third-order valence-corrected chi connectivity index (χ3v) is 3.51. The van der Waals surface area contributed by atoms with Crippen molar-refractivity contribution >= 4 is 0 Å². The van der Waals surface area contributed by atoms with Crippen molar-refractivity contribution in [2.24, 2.45) is 17.6 Å². The van der Waals surface area contributed by atoms with Crippen LogP contribution in [0.3, 0.4) is 0 Å². The molecule has 0 saturated carbocycles. The molecule has 2 N–H and O–H groups in total. The molecule has 0 bridgehead atoms. The smallest absolute Gasteiger partial charge is 0.275 e. The first-order valence-electron chi connectivity index (χ1n) is 6.49. The maximum Gasteiger partial charge on any atom is 0.275 e. The zero-order chi connectivity index (χ0) is 13.9. The van der Waals surface area contributed by atoms with Crippen LogP contribution in [0, 0.1) is 11.8 Å². The Balaban J connectivity index is 2.99. The topological polar surface area (TPSA) is 26.0 Å². The summed E-state index contributed by atoms with van der Waals surface area (Å²) in [6, 6.07) is 6.62.